The van der Waals surface area contributed by atoms with Crippen LogP contribution in [0.3, 0.4) is 0 Å². The summed E-state index contributed by atoms with van der Waals surface area (Å²) in [4.78, 5) is 22.9. The van der Waals surface area contributed by atoms with Crippen molar-refractivity contribution in [2.75, 3.05) is 6.54 Å². The first kappa shape index (κ1) is 11.8. The Morgan fingerprint density at radius 2 is 2.10 bits per heavy atom. The Morgan fingerprint density at radius 3 is 2.95 bits per heavy atom. The molecule has 1 amide bonds. The molecule has 0 spiro atoms. The maximum atomic E-state index is 12.5. The lowest BCUT2D eigenvalue weighted by molar-refractivity contribution is -0.136. The van der Waals surface area contributed by atoms with Crippen LogP contribution in [0.15, 0.2) is 18.6 Å². The van der Waals surface area contributed by atoms with E-state index in [0.717, 1.165) is 44.3 Å². The van der Waals surface area contributed by atoms with Gasteiger partial charge in [-0.05, 0) is 38.2 Å². The Bertz CT molecular complexity index is 648. The zero-order chi connectivity index (χ0) is 13.5. The van der Waals surface area contributed by atoms with Crippen LogP contribution in [0, 0.1) is 5.92 Å². The molecule has 1 unspecified atom stereocenters. The summed E-state index contributed by atoms with van der Waals surface area (Å²) in [5, 5.41) is 4.25. The number of carbonyl (C=O) groups excluding carboxylic acids is 1. The molecule has 6 heteroatoms. The topological polar surface area (TPSA) is 63.4 Å². The summed E-state index contributed by atoms with van der Waals surface area (Å²) in [6.45, 7) is 0.860. The normalized spacial score (nSPS) is 23.2. The summed E-state index contributed by atoms with van der Waals surface area (Å²) >= 11 is 0. The summed E-state index contributed by atoms with van der Waals surface area (Å²) in [6, 6.07) is 2.08. The molecule has 1 aliphatic carbocycles. The minimum Gasteiger partial charge on any atom is -0.334 e. The standard InChI is InChI=1S/C14H17N5O/c20-13(10-4-5-10)18-8-2-1-3-11(18)12-6-7-15-14-16-9-17-19(12)14/h6-7,9-11H,1-5,8H2. The van der Waals surface area contributed by atoms with Gasteiger partial charge in [-0.15, -0.1) is 0 Å². The Labute approximate surface area is 116 Å². The van der Waals surface area contributed by atoms with Crippen LogP contribution in [0.5, 0.6) is 0 Å². The molecule has 0 bridgehead atoms. The Hall–Kier alpha value is -1.98. The number of aromatic nitrogens is 4. The van der Waals surface area contributed by atoms with E-state index in [2.05, 4.69) is 20.0 Å². The van der Waals surface area contributed by atoms with Crippen LogP contribution in [0.25, 0.3) is 5.78 Å². The second-order valence-electron chi connectivity index (χ2n) is 5.66. The second kappa shape index (κ2) is 4.54. The van der Waals surface area contributed by atoms with Gasteiger partial charge in [-0.25, -0.2) is 4.98 Å². The molecular formula is C14H17N5O. The van der Waals surface area contributed by atoms with E-state index in [4.69, 9.17) is 0 Å². The molecule has 104 valence electrons. The van der Waals surface area contributed by atoms with Gasteiger partial charge in [-0.1, -0.05) is 0 Å². The molecular weight excluding hydrogens is 254 g/mol. The Morgan fingerprint density at radius 1 is 1.20 bits per heavy atom. The maximum Gasteiger partial charge on any atom is 0.252 e. The fourth-order valence-electron chi connectivity index (χ4n) is 3.08. The van der Waals surface area contributed by atoms with Crippen LogP contribution in [0.1, 0.15) is 43.8 Å². The van der Waals surface area contributed by atoms with E-state index in [1.807, 2.05) is 6.07 Å². The summed E-state index contributed by atoms with van der Waals surface area (Å²) in [7, 11) is 0. The highest BCUT2D eigenvalue weighted by atomic mass is 16.2. The summed E-state index contributed by atoms with van der Waals surface area (Å²) < 4.78 is 1.77. The fraction of sp³-hybridized carbons (Fsp3) is 0.571. The van der Waals surface area contributed by atoms with Gasteiger partial charge in [-0.3, -0.25) is 4.79 Å². The molecule has 3 heterocycles. The lowest BCUT2D eigenvalue weighted by atomic mass is 9.98. The number of rotatable bonds is 2. The zero-order valence-corrected chi connectivity index (χ0v) is 11.3. The molecule has 0 N–H and O–H groups in total. The van der Waals surface area contributed by atoms with Gasteiger partial charge in [0.15, 0.2) is 0 Å². The number of hydrogen-bond donors (Lipinski definition) is 0. The Balaban J connectivity index is 1.73. The van der Waals surface area contributed by atoms with Crippen molar-refractivity contribution in [3.63, 3.8) is 0 Å². The lowest BCUT2D eigenvalue weighted by Gasteiger charge is -2.36. The van der Waals surface area contributed by atoms with Gasteiger partial charge in [0.1, 0.15) is 6.33 Å². The molecule has 2 fully saturated rings. The van der Waals surface area contributed by atoms with Crippen molar-refractivity contribution >= 4 is 11.7 Å². The van der Waals surface area contributed by atoms with Crippen molar-refractivity contribution in [1.29, 1.82) is 0 Å². The SMILES string of the molecule is O=C(C1CC1)N1CCCCC1c1ccnc2ncnn12. The highest BCUT2D eigenvalue weighted by Crippen LogP contribution is 2.37. The van der Waals surface area contributed by atoms with Crippen molar-refractivity contribution in [1.82, 2.24) is 24.5 Å². The highest BCUT2D eigenvalue weighted by Gasteiger charge is 2.38. The third kappa shape index (κ3) is 1.87. The number of amides is 1. The van der Waals surface area contributed by atoms with Crippen molar-refractivity contribution in [2.45, 2.75) is 38.1 Å². The first-order valence-electron chi connectivity index (χ1n) is 7.30. The maximum absolute atomic E-state index is 12.5. The molecule has 0 radical (unpaired) electrons. The summed E-state index contributed by atoms with van der Waals surface area (Å²) in [5.41, 5.74) is 1.03. The molecule has 20 heavy (non-hydrogen) atoms. The lowest BCUT2D eigenvalue weighted by Crippen LogP contribution is -2.40. The van der Waals surface area contributed by atoms with E-state index in [1.165, 1.54) is 6.33 Å². The van der Waals surface area contributed by atoms with Gasteiger partial charge in [0.25, 0.3) is 5.78 Å². The molecule has 2 aromatic heterocycles. The molecule has 2 aromatic rings. The molecule has 1 saturated carbocycles. The quantitative estimate of drug-likeness (QED) is 0.832. The predicted molar refractivity (Wildman–Crippen MR) is 71.8 cm³/mol. The average molecular weight is 271 g/mol. The molecule has 2 aliphatic rings. The van der Waals surface area contributed by atoms with Crippen LogP contribution in [0.2, 0.25) is 0 Å². The van der Waals surface area contributed by atoms with Crippen LogP contribution < -0.4 is 0 Å². The first-order chi connectivity index (χ1) is 9.84. The van der Waals surface area contributed by atoms with Gasteiger partial charge in [-0.2, -0.15) is 14.6 Å². The average Bonchev–Trinajstić information content (AvgIpc) is 3.23. The second-order valence-corrected chi connectivity index (χ2v) is 5.66. The number of carbonyl (C=O) groups is 1. The van der Waals surface area contributed by atoms with Gasteiger partial charge in [0, 0.05) is 18.7 Å². The Kier molecular flexibility index (Phi) is 2.68. The molecule has 1 saturated heterocycles. The molecule has 1 atom stereocenters. The first-order valence-corrected chi connectivity index (χ1v) is 7.30. The van der Waals surface area contributed by atoms with E-state index >= 15 is 0 Å². The van der Waals surface area contributed by atoms with Gasteiger partial charge >= 0.3 is 0 Å². The minimum absolute atomic E-state index is 0.115. The number of hydrogen-bond acceptors (Lipinski definition) is 4. The van der Waals surface area contributed by atoms with Gasteiger partial charge < -0.3 is 4.90 Å². The molecule has 0 aromatic carbocycles. The van der Waals surface area contributed by atoms with E-state index in [0.29, 0.717) is 11.7 Å². The molecule has 6 nitrogen and oxygen atoms in total. The van der Waals surface area contributed by atoms with E-state index in [9.17, 15) is 4.79 Å². The number of likely N-dealkylation sites (tertiary alicyclic amines) is 1. The van der Waals surface area contributed by atoms with Gasteiger partial charge in [0.2, 0.25) is 5.91 Å². The van der Waals surface area contributed by atoms with E-state index < -0.39 is 0 Å². The third-order valence-corrected chi connectivity index (χ3v) is 4.26. The molecule has 4 rings (SSSR count). The van der Waals surface area contributed by atoms with Crippen molar-refractivity contribution in [3.8, 4) is 0 Å². The minimum atomic E-state index is 0.115. The smallest absolute Gasteiger partial charge is 0.252 e. The van der Waals surface area contributed by atoms with Crippen molar-refractivity contribution in [3.05, 3.63) is 24.3 Å². The zero-order valence-electron chi connectivity index (χ0n) is 11.3. The van der Waals surface area contributed by atoms with E-state index in [1.54, 1.807) is 10.7 Å². The number of nitrogens with zero attached hydrogens (tertiary/aromatic N) is 5. The molecule has 1 aliphatic heterocycles. The number of fused-ring (bicyclic) bond motifs is 1. The number of piperidine rings is 1. The summed E-state index contributed by atoms with van der Waals surface area (Å²) in [5.74, 6) is 1.19. The van der Waals surface area contributed by atoms with Crippen LogP contribution >= 0.6 is 0 Å². The van der Waals surface area contributed by atoms with Crippen molar-refractivity contribution in [2.24, 2.45) is 5.92 Å². The monoisotopic (exact) mass is 271 g/mol. The predicted octanol–water partition coefficient (Wildman–Crippen LogP) is 1.59. The van der Waals surface area contributed by atoms with Gasteiger partial charge in [0.05, 0.1) is 11.7 Å². The van der Waals surface area contributed by atoms with Crippen LogP contribution in [-0.2, 0) is 4.79 Å². The highest BCUT2D eigenvalue weighted by molar-refractivity contribution is 5.81. The van der Waals surface area contributed by atoms with Crippen molar-refractivity contribution < 1.29 is 4.79 Å². The van der Waals surface area contributed by atoms with E-state index in [-0.39, 0.29) is 12.0 Å². The third-order valence-electron chi connectivity index (χ3n) is 4.26. The summed E-state index contributed by atoms with van der Waals surface area (Å²) in [6.07, 6.45) is 8.62. The van der Waals surface area contributed by atoms with Crippen LogP contribution in [-0.4, -0.2) is 36.9 Å². The largest absolute Gasteiger partial charge is 0.334 e. The van der Waals surface area contributed by atoms with Crippen LogP contribution in [0.4, 0.5) is 0 Å². The fourth-order valence-corrected chi connectivity index (χ4v) is 3.08.